The van der Waals surface area contributed by atoms with Crippen molar-refractivity contribution in [2.75, 3.05) is 13.2 Å². The molecule has 48 heavy (non-hydrogen) atoms. The van der Waals surface area contributed by atoms with Crippen molar-refractivity contribution in [1.82, 2.24) is 0 Å². The van der Waals surface area contributed by atoms with Gasteiger partial charge in [0.25, 0.3) is 0 Å². The first-order valence-electron chi connectivity index (χ1n) is 19.6. The minimum atomic E-state index is -0.689. The number of hydrogen-bond donors (Lipinski definition) is 6. The number of hydrogen-bond acceptors (Lipinski definition) is 6. The molecule has 0 rings (SSSR count). The summed E-state index contributed by atoms with van der Waals surface area (Å²) in [4.78, 5) is 20.7. The fourth-order valence-corrected chi connectivity index (χ4v) is 4.95. The van der Waals surface area contributed by atoms with Crippen LogP contribution in [0.3, 0.4) is 0 Å². The average Bonchev–Trinajstić information content (AvgIpc) is 3.06. The van der Waals surface area contributed by atoms with E-state index in [9.17, 15) is 19.8 Å². The van der Waals surface area contributed by atoms with E-state index < -0.39 is 11.9 Å². The second kappa shape index (κ2) is 45.3. The Labute approximate surface area is 295 Å². The summed E-state index contributed by atoms with van der Waals surface area (Å²) in [7, 11) is 0. The predicted molar refractivity (Wildman–Crippen MR) is 200 cm³/mol. The van der Waals surface area contributed by atoms with Gasteiger partial charge in [0.05, 0.1) is 12.2 Å². The highest BCUT2D eigenvalue weighted by Crippen LogP contribution is 2.12. The van der Waals surface area contributed by atoms with Crippen molar-refractivity contribution < 1.29 is 40.2 Å². The molecule has 0 aliphatic rings. The van der Waals surface area contributed by atoms with Gasteiger partial charge < -0.3 is 30.6 Å². The van der Waals surface area contributed by atoms with Crippen LogP contribution in [0.15, 0.2) is 24.3 Å². The predicted octanol–water partition coefficient (Wildman–Crippen LogP) is 9.91. The molecule has 0 aliphatic heterocycles. The normalized spacial score (nSPS) is 12.4. The lowest BCUT2D eigenvalue weighted by molar-refractivity contribution is -0.138. The molecule has 0 saturated carbocycles. The highest BCUT2D eigenvalue weighted by molar-refractivity contribution is 5.66. The lowest BCUT2D eigenvalue weighted by Crippen LogP contribution is -2.04. The van der Waals surface area contributed by atoms with Gasteiger partial charge in [-0.3, -0.25) is 9.59 Å². The quantitative estimate of drug-likeness (QED) is 0.0294. The Morgan fingerprint density at radius 3 is 1.12 bits per heavy atom. The summed E-state index contributed by atoms with van der Waals surface area (Å²) in [5.74, 6) is -1.38. The van der Waals surface area contributed by atoms with Crippen LogP contribution >= 0.6 is 0 Å². The van der Waals surface area contributed by atoms with Crippen LogP contribution < -0.4 is 0 Å². The lowest BCUT2D eigenvalue weighted by atomic mass is 10.1. The molecule has 0 saturated heterocycles. The van der Waals surface area contributed by atoms with E-state index in [2.05, 4.69) is 38.2 Å². The summed E-state index contributed by atoms with van der Waals surface area (Å²) < 4.78 is 0. The van der Waals surface area contributed by atoms with Gasteiger partial charge in [0.1, 0.15) is 0 Å². The SMILES string of the molecule is CCCCCCC(O)CC=CCCCCCCCC(=O)O.CCCCCCC(O)CC=CCCCCCCCC(=O)O.OCCCCO. The summed E-state index contributed by atoms with van der Waals surface area (Å²) in [5.41, 5.74) is 0. The molecule has 0 aliphatic carbocycles. The molecule has 8 heteroatoms. The summed E-state index contributed by atoms with van der Waals surface area (Å²) in [6.07, 6.45) is 36.1. The lowest BCUT2D eigenvalue weighted by Gasteiger charge is -2.07. The molecule has 0 heterocycles. The Morgan fingerprint density at radius 2 is 0.792 bits per heavy atom. The Hall–Kier alpha value is -1.74. The summed E-state index contributed by atoms with van der Waals surface area (Å²) in [5, 5.41) is 52.8. The number of aliphatic carboxylic acids is 2. The molecule has 0 radical (unpaired) electrons. The van der Waals surface area contributed by atoms with E-state index in [1.165, 1.54) is 51.4 Å². The van der Waals surface area contributed by atoms with Gasteiger partial charge in [-0.1, -0.05) is 128 Å². The average molecular weight is 687 g/mol. The molecule has 0 aromatic rings. The fraction of sp³-hybridized carbons (Fsp3) is 0.850. The zero-order chi connectivity index (χ0) is 36.4. The number of unbranched alkanes of at least 4 members (excludes halogenated alkanes) is 17. The zero-order valence-electron chi connectivity index (χ0n) is 31.2. The number of carboxylic acid groups (broad SMARTS) is 2. The topological polar surface area (TPSA) is 156 Å². The number of aliphatic hydroxyl groups is 4. The minimum Gasteiger partial charge on any atom is -0.481 e. The van der Waals surface area contributed by atoms with Crippen LogP contribution in [0.2, 0.25) is 0 Å². The summed E-state index contributed by atoms with van der Waals surface area (Å²) >= 11 is 0. The molecule has 0 spiro atoms. The van der Waals surface area contributed by atoms with Crippen molar-refractivity contribution in [1.29, 1.82) is 0 Å². The molecule has 0 aromatic heterocycles. The number of aliphatic hydroxyl groups excluding tert-OH is 4. The summed E-state index contributed by atoms with van der Waals surface area (Å²) in [6.45, 7) is 4.79. The Morgan fingerprint density at radius 1 is 0.458 bits per heavy atom. The van der Waals surface area contributed by atoms with E-state index in [1.54, 1.807) is 0 Å². The minimum absolute atomic E-state index is 0.172. The van der Waals surface area contributed by atoms with Crippen LogP contribution in [0, 0.1) is 0 Å². The first-order chi connectivity index (χ1) is 23.2. The van der Waals surface area contributed by atoms with Crippen LogP contribution in [0.4, 0.5) is 0 Å². The first-order valence-corrected chi connectivity index (χ1v) is 19.6. The number of carboxylic acids is 2. The van der Waals surface area contributed by atoms with Crippen LogP contribution in [0.1, 0.15) is 194 Å². The monoisotopic (exact) mass is 687 g/mol. The van der Waals surface area contributed by atoms with Gasteiger partial charge in [-0.15, -0.1) is 0 Å². The molecule has 2 unspecified atom stereocenters. The second-order valence-electron chi connectivity index (χ2n) is 13.0. The van der Waals surface area contributed by atoms with Crippen molar-refractivity contribution in [3.05, 3.63) is 24.3 Å². The van der Waals surface area contributed by atoms with Gasteiger partial charge in [0.15, 0.2) is 0 Å². The van der Waals surface area contributed by atoms with Crippen molar-refractivity contribution in [2.24, 2.45) is 0 Å². The van der Waals surface area contributed by atoms with Gasteiger partial charge in [0.2, 0.25) is 0 Å². The summed E-state index contributed by atoms with van der Waals surface area (Å²) in [6, 6.07) is 0. The van der Waals surface area contributed by atoms with E-state index >= 15 is 0 Å². The molecular formula is C40H78O8. The molecule has 286 valence electrons. The number of allylic oxidation sites excluding steroid dienone is 2. The fourth-order valence-electron chi connectivity index (χ4n) is 4.95. The smallest absolute Gasteiger partial charge is 0.303 e. The highest BCUT2D eigenvalue weighted by atomic mass is 16.4. The van der Waals surface area contributed by atoms with Crippen LogP contribution in [-0.4, -0.2) is 68.0 Å². The van der Waals surface area contributed by atoms with E-state index in [-0.39, 0.29) is 25.4 Å². The first kappa shape index (κ1) is 50.6. The maximum absolute atomic E-state index is 10.3. The number of rotatable bonds is 33. The van der Waals surface area contributed by atoms with Gasteiger partial charge in [-0.05, 0) is 77.0 Å². The zero-order valence-corrected chi connectivity index (χ0v) is 31.2. The van der Waals surface area contributed by atoms with Crippen LogP contribution in [-0.2, 0) is 9.59 Å². The molecular weight excluding hydrogens is 608 g/mol. The van der Waals surface area contributed by atoms with Crippen LogP contribution in [0.5, 0.6) is 0 Å². The molecule has 0 bridgehead atoms. The maximum Gasteiger partial charge on any atom is 0.303 e. The van der Waals surface area contributed by atoms with E-state index in [0.717, 1.165) is 116 Å². The third-order valence-corrected chi connectivity index (χ3v) is 8.02. The Bertz CT molecular complexity index is 637. The molecule has 6 N–H and O–H groups in total. The Balaban J connectivity index is -0.000000720. The molecule has 0 amide bonds. The van der Waals surface area contributed by atoms with Gasteiger partial charge in [-0.25, -0.2) is 0 Å². The molecule has 0 fully saturated rings. The van der Waals surface area contributed by atoms with Gasteiger partial charge >= 0.3 is 11.9 Å². The largest absolute Gasteiger partial charge is 0.481 e. The third kappa shape index (κ3) is 53.7. The number of carbonyl (C=O) groups is 2. The maximum atomic E-state index is 10.3. The second-order valence-corrected chi connectivity index (χ2v) is 13.0. The van der Waals surface area contributed by atoms with E-state index in [1.807, 2.05) is 0 Å². The van der Waals surface area contributed by atoms with Crippen molar-refractivity contribution >= 4 is 11.9 Å². The van der Waals surface area contributed by atoms with Crippen LogP contribution in [0.25, 0.3) is 0 Å². The Kier molecular flexibility index (Phi) is 47.7. The van der Waals surface area contributed by atoms with Crippen molar-refractivity contribution in [3.63, 3.8) is 0 Å². The van der Waals surface area contributed by atoms with Gasteiger partial charge in [-0.2, -0.15) is 0 Å². The molecule has 8 nitrogen and oxygen atoms in total. The standard InChI is InChI=1S/2C18H34O3.C4H10O2/c2*1-2-3-4-11-14-17(19)15-12-9-7-5-6-8-10-13-16-18(20)21;5-3-1-2-4-6/h2*9,12,17,19H,2-8,10-11,13-16H2,1H3,(H,20,21);5-6H,1-4H2. The van der Waals surface area contributed by atoms with E-state index in [0.29, 0.717) is 12.8 Å². The third-order valence-electron chi connectivity index (χ3n) is 8.02. The highest BCUT2D eigenvalue weighted by Gasteiger charge is 2.02. The molecule has 0 aromatic carbocycles. The van der Waals surface area contributed by atoms with Crippen molar-refractivity contribution in [2.45, 2.75) is 206 Å². The van der Waals surface area contributed by atoms with E-state index in [4.69, 9.17) is 20.4 Å². The van der Waals surface area contributed by atoms with Crippen molar-refractivity contribution in [3.8, 4) is 0 Å². The van der Waals surface area contributed by atoms with Gasteiger partial charge in [0, 0.05) is 26.1 Å². The molecule has 2 atom stereocenters.